The van der Waals surface area contributed by atoms with Crippen LogP contribution in [0.1, 0.15) is 31.8 Å². The molecule has 33 heavy (non-hydrogen) atoms. The van der Waals surface area contributed by atoms with Crippen molar-refractivity contribution in [2.24, 2.45) is 0 Å². The highest BCUT2D eigenvalue weighted by molar-refractivity contribution is 6.16. The van der Waals surface area contributed by atoms with E-state index in [0.29, 0.717) is 44.9 Å². The van der Waals surface area contributed by atoms with E-state index in [0.717, 1.165) is 5.56 Å². The van der Waals surface area contributed by atoms with E-state index < -0.39 is 5.97 Å². The van der Waals surface area contributed by atoms with Gasteiger partial charge in [-0.2, -0.15) is 0 Å². The molecular weight excluding hydrogens is 424 g/mol. The fourth-order valence-corrected chi connectivity index (χ4v) is 3.48. The number of esters is 1. The van der Waals surface area contributed by atoms with Crippen molar-refractivity contribution < 1.29 is 33.0 Å². The van der Waals surface area contributed by atoms with E-state index in [1.807, 2.05) is 6.07 Å². The topological polar surface area (TPSA) is 84.2 Å². The molecule has 0 amide bonds. The minimum Gasteiger partial charge on any atom is -0.493 e. The van der Waals surface area contributed by atoms with Crippen molar-refractivity contribution in [3.63, 3.8) is 0 Å². The molecule has 0 atom stereocenters. The first-order valence-electron chi connectivity index (χ1n) is 10.1. The van der Waals surface area contributed by atoms with Crippen LogP contribution in [0.15, 0.2) is 71.3 Å². The number of fused-ring (bicyclic) bond motifs is 1. The van der Waals surface area contributed by atoms with Gasteiger partial charge in [-0.25, -0.2) is 4.79 Å². The minimum absolute atomic E-state index is 0.211. The molecule has 1 heterocycles. The number of ketones is 1. The van der Waals surface area contributed by atoms with Gasteiger partial charge in [0.2, 0.25) is 0 Å². The van der Waals surface area contributed by atoms with E-state index in [4.69, 9.17) is 23.4 Å². The zero-order chi connectivity index (χ0) is 23.4. The summed E-state index contributed by atoms with van der Waals surface area (Å²) in [5, 5.41) is 0.635. The van der Waals surface area contributed by atoms with Crippen molar-refractivity contribution in [3.8, 4) is 17.2 Å². The van der Waals surface area contributed by atoms with Crippen molar-refractivity contribution in [1.82, 2.24) is 0 Å². The molecule has 168 valence electrons. The fraction of sp³-hybridized carbons (Fsp3) is 0.154. The summed E-state index contributed by atoms with van der Waals surface area (Å²) in [6.07, 6.45) is 1.44. The van der Waals surface area contributed by atoms with Crippen LogP contribution >= 0.6 is 0 Å². The molecule has 0 unspecified atom stereocenters. The van der Waals surface area contributed by atoms with E-state index in [1.54, 1.807) is 54.6 Å². The molecule has 0 saturated heterocycles. The van der Waals surface area contributed by atoms with Crippen LogP contribution in [-0.4, -0.2) is 33.1 Å². The number of methoxy groups -OCH3 is 3. The number of benzene rings is 3. The number of carbonyl (C=O) groups excluding carboxylic acids is 2. The smallest absolute Gasteiger partial charge is 0.337 e. The molecule has 0 aliphatic heterocycles. The van der Waals surface area contributed by atoms with Gasteiger partial charge < -0.3 is 23.4 Å². The van der Waals surface area contributed by atoms with Crippen molar-refractivity contribution >= 4 is 22.7 Å². The monoisotopic (exact) mass is 446 g/mol. The third kappa shape index (κ3) is 4.52. The Bertz CT molecular complexity index is 1320. The molecule has 1 aromatic heterocycles. The van der Waals surface area contributed by atoms with Gasteiger partial charge in [0.05, 0.1) is 32.5 Å². The van der Waals surface area contributed by atoms with Crippen LogP contribution in [-0.2, 0) is 11.3 Å². The zero-order valence-electron chi connectivity index (χ0n) is 18.4. The standard InChI is InChI=1S/C26H22O7/c1-29-23-9-7-17(12-24(23)30-2)25(27)21-15-33-22-10-8-19(13-20(21)22)32-14-16-5-4-6-18(11-16)26(28)31-3/h4-13,15H,14H2,1-3H3. The van der Waals surface area contributed by atoms with Gasteiger partial charge in [-0.1, -0.05) is 12.1 Å². The van der Waals surface area contributed by atoms with Crippen molar-refractivity contribution in [3.05, 3.63) is 89.2 Å². The van der Waals surface area contributed by atoms with E-state index in [9.17, 15) is 9.59 Å². The molecule has 0 aliphatic carbocycles. The quantitative estimate of drug-likeness (QED) is 0.277. The first-order chi connectivity index (χ1) is 16.0. The lowest BCUT2D eigenvalue weighted by atomic mass is 10.0. The fourth-order valence-electron chi connectivity index (χ4n) is 3.48. The summed E-state index contributed by atoms with van der Waals surface area (Å²) in [5.41, 5.74) is 2.69. The first-order valence-corrected chi connectivity index (χ1v) is 10.1. The van der Waals surface area contributed by atoms with Gasteiger partial charge >= 0.3 is 5.97 Å². The van der Waals surface area contributed by atoms with E-state index in [1.165, 1.54) is 27.6 Å². The van der Waals surface area contributed by atoms with Gasteiger partial charge in [-0.15, -0.1) is 0 Å². The maximum Gasteiger partial charge on any atom is 0.337 e. The Balaban J connectivity index is 1.58. The predicted molar refractivity (Wildman–Crippen MR) is 121 cm³/mol. The van der Waals surface area contributed by atoms with Gasteiger partial charge in [-0.3, -0.25) is 4.79 Å². The molecule has 0 N–H and O–H groups in total. The molecular formula is C26H22O7. The van der Waals surface area contributed by atoms with Crippen molar-refractivity contribution in [1.29, 1.82) is 0 Å². The second kappa shape index (κ2) is 9.48. The lowest BCUT2D eigenvalue weighted by molar-refractivity contribution is 0.0600. The third-order valence-electron chi connectivity index (χ3n) is 5.19. The molecule has 0 fully saturated rings. The Labute approximate surface area is 190 Å². The number of ether oxygens (including phenoxy) is 4. The van der Waals surface area contributed by atoms with Crippen LogP contribution in [0.5, 0.6) is 17.2 Å². The Morgan fingerprint density at radius 3 is 2.42 bits per heavy atom. The first kappa shape index (κ1) is 22.0. The normalized spacial score (nSPS) is 10.6. The summed E-state index contributed by atoms with van der Waals surface area (Å²) in [6, 6.07) is 17.3. The highest BCUT2D eigenvalue weighted by Crippen LogP contribution is 2.31. The molecule has 0 bridgehead atoms. The Kier molecular flexibility index (Phi) is 6.31. The maximum atomic E-state index is 13.2. The molecule has 0 aliphatic rings. The molecule has 3 aromatic carbocycles. The van der Waals surface area contributed by atoms with Crippen LogP contribution in [0.25, 0.3) is 11.0 Å². The summed E-state index contributed by atoms with van der Waals surface area (Å²) < 4.78 is 26.8. The van der Waals surface area contributed by atoms with Gasteiger partial charge in [0.1, 0.15) is 24.2 Å². The summed E-state index contributed by atoms with van der Waals surface area (Å²) >= 11 is 0. The molecule has 0 spiro atoms. The van der Waals surface area contributed by atoms with Crippen molar-refractivity contribution in [2.75, 3.05) is 21.3 Å². The van der Waals surface area contributed by atoms with Gasteiger partial charge in [0, 0.05) is 10.9 Å². The number of carbonyl (C=O) groups is 2. The van der Waals surface area contributed by atoms with Crippen LogP contribution < -0.4 is 14.2 Å². The predicted octanol–water partition coefficient (Wildman–Crippen LogP) is 5.05. The largest absolute Gasteiger partial charge is 0.493 e. The molecule has 4 rings (SSSR count). The van der Waals surface area contributed by atoms with Gasteiger partial charge in [0.25, 0.3) is 0 Å². The lowest BCUT2D eigenvalue weighted by Gasteiger charge is -2.09. The van der Waals surface area contributed by atoms with Gasteiger partial charge in [-0.05, 0) is 54.1 Å². The van der Waals surface area contributed by atoms with E-state index in [-0.39, 0.29) is 12.4 Å². The number of furan rings is 1. The van der Waals surface area contributed by atoms with E-state index in [2.05, 4.69) is 0 Å². The molecule has 0 radical (unpaired) electrons. The van der Waals surface area contributed by atoms with E-state index >= 15 is 0 Å². The molecule has 7 heteroatoms. The number of rotatable bonds is 8. The highest BCUT2D eigenvalue weighted by atomic mass is 16.5. The zero-order valence-corrected chi connectivity index (χ0v) is 18.4. The number of hydrogen-bond donors (Lipinski definition) is 0. The van der Waals surface area contributed by atoms with Crippen molar-refractivity contribution in [2.45, 2.75) is 6.61 Å². The second-order valence-electron chi connectivity index (χ2n) is 7.19. The summed E-state index contributed by atoms with van der Waals surface area (Å²) in [6.45, 7) is 0.243. The average molecular weight is 446 g/mol. The Hall–Kier alpha value is -4.26. The average Bonchev–Trinajstić information content (AvgIpc) is 3.29. The maximum absolute atomic E-state index is 13.2. The highest BCUT2D eigenvalue weighted by Gasteiger charge is 2.18. The lowest BCUT2D eigenvalue weighted by Crippen LogP contribution is -2.03. The SMILES string of the molecule is COC(=O)c1cccc(COc2ccc3occ(C(=O)c4ccc(OC)c(OC)c4)c3c2)c1. The summed E-state index contributed by atoms with van der Waals surface area (Å²) in [7, 11) is 4.40. The molecule has 4 aromatic rings. The summed E-state index contributed by atoms with van der Waals surface area (Å²) in [4.78, 5) is 24.9. The molecule has 7 nitrogen and oxygen atoms in total. The van der Waals surface area contributed by atoms with Crippen LogP contribution in [0.2, 0.25) is 0 Å². The third-order valence-corrected chi connectivity index (χ3v) is 5.19. The van der Waals surface area contributed by atoms with Gasteiger partial charge in [0.15, 0.2) is 17.3 Å². The minimum atomic E-state index is -0.407. The molecule has 0 saturated carbocycles. The summed E-state index contributed by atoms with van der Waals surface area (Å²) in [5.74, 6) is 0.953. The van der Waals surface area contributed by atoms with Crippen LogP contribution in [0.3, 0.4) is 0 Å². The Morgan fingerprint density at radius 1 is 0.848 bits per heavy atom. The van der Waals surface area contributed by atoms with Crippen LogP contribution in [0.4, 0.5) is 0 Å². The number of hydrogen-bond acceptors (Lipinski definition) is 7. The Morgan fingerprint density at radius 2 is 1.67 bits per heavy atom. The second-order valence-corrected chi connectivity index (χ2v) is 7.19. The van der Waals surface area contributed by atoms with Crippen LogP contribution in [0, 0.1) is 0 Å².